The van der Waals surface area contributed by atoms with E-state index in [0.717, 1.165) is 11.1 Å². The number of urea groups is 1. The molecule has 0 aliphatic heterocycles. The highest BCUT2D eigenvalue weighted by Gasteiger charge is 2.13. The van der Waals surface area contributed by atoms with E-state index in [1.54, 1.807) is 17.5 Å². The van der Waals surface area contributed by atoms with Crippen molar-refractivity contribution in [3.63, 3.8) is 0 Å². The Kier molecular flexibility index (Phi) is 5.73. The minimum Gasteiger partial charge on any atom is -0.321 e. The molecule has 0 aliphatic rings. The molecule has 8 heteroatoms. The first-order valence-corrected chi connectivity index (χ1v) is 9.34. The second-order valence-electron chi connectivity index (χ2n) is 5.90. The second kappa shape index (κ2) is 8.20. The molecule has 0 saturated carbocycles. The van der Waals surface area contributed by atoms with Crippen molar-refractivity contribution >= 4 is 51.4 Å². The maximum absolute atomic E-state index is 12.3. The summed E-state index contributed by atoms with van der Waals surface area (Å²) < 4.78 is 0. The van der Waals surface area contributed by atoms with Crippen LogP contribution in [0.5, 0.6) is 0 Å². The second-order valence-corrected chi connectivity index (χ2v) is 7.17. The van der Waals surface area contributed by atoms with Crippen molar-refractivity contribution in [3.05, 3.63) is 69.7 Å². The van der Waals surface area contributed by atoms with Gasteiger partial charge in [-0.3, -0.25) is 10.1 Å². The standard InChI is InChI=1S/C19H17ClN4O2S/c1-11-3-6-13(7-4-11)22-18(26)24-19-23-16(10-27-19)17(25)21-14-8-5-12(2)15(20)9-14/h3-10H,1-2H3,(H,21,25)(H2,22,23,24,26). The molecule has 138 valence electrons. The summed E-state index contributed by atoms with van der Waals surface area (Å²) in [6, 6.07) is 12.3. The molecule has 0 aliphatic carbocycles. The Morgan fingerprint density at radius 3 is 2.37 bits per heavy atom. The van der Waals surface area contributed by atoms with Crippen molar-refractivity contribution in [2.75, 3.05) is 16.0 Å². The molecule has 0 fully saturated rings. The Morgan fingerprint density at radius 2 is 1.67 bits per heavy atom. The molecule has 6 nitrogen and oxygen atoms in total. The lowest BCUT2D eigenvalue weighted by atomic mass is 10.2. The van der Waals surface area contributed by atoms with Crippen LogP contribution in [0.3, 0.4) is 0 Å². The SMILES string of the molecule is Cc1ccc(NC(=O)Nc2nc(C(=O)Nc3ccc(C)c(Cl)c3)cs2)cc1. The lowest BCUT2D eigenvalue weighted by molar-refractivity contribution is 0.102. The number of carbonyl (C=O) groups is 2. The van der Waals surface area contributed by atoms with Gasteiger partial charge in [-0.2, -0.15) is 0 Å². The van der Waals surface area contributed by atoms with Crippen molar-refractivity contribution in [1.29, 1.82) is 0 Å². The van der Waals surface area contributed by atoms with Crippen LogP contribution >= 0.6 is 22.9 Å². The molecule has 0 saturated heterocycles. The number of nitrogens with one attached hydrogen (secondary N) is 3. The molecule has 0 bridgehead atoms. The smallest absolute Gasteiger partial charge is 0.321 e. The van der Waals surface area contributed by atoms with Gasteiger partial charge in [-0.25, -0.2) is 9.78 Å². The third kappa shape index (κ3) is 5.06. The summed E-state index contributed by atoms with van der Waals surface area (Å²) in [5.41, 5.74) is 3.49. The number of anilines is 3. The average molecular weight is 401 g/mol. The number of thiazole rings is 1. The van der Waals surface area contributed by atoms with Gasteiger partial charge in [-0.1, -0.05) is 35.4 Å². The van der Waals surface area contributed by atoms with Gasteiger partial charge in [0.2, 0.25) is 0 Å². The van der Waals surface area contributed by atoms with Gasteiger partial charge in [0.15, 0.2) is 5.13 Å². The van der Waals surface area contributed by atoms with Crippen molar-refractivity contribution in [2.45, 2.75) is 13.8 Å². The molecular formula is C19H17ClN4O2S. The molecule has 3 aromatic rings. The van der Waals surface area contributed by atoms with Gasteiger partial charge in [0.25, 0.3) is 5.91 Å². The van der Waals surface area contributed by atoms with Gasteiger partial charge < -0.3 is 10.6 Å². The number of amides is 3. The van der Waals surface area contributed by atoms with E-state index < -0.39 is 6.03 Å². The molecule has 3 amide bonds. The molecule has 0 radical (unpaired) electrons. The van der Waals surface area contributed by atoms with Crippen molar-refractivity contribution in [1.82, 2.24) is 4.98 Å². The maximum atomic E-state index is 12.3. The number of carbonyl (C=O) groups excluding carboxylic acids is 2. The predicted octanol–water partition coefficient (Wildman–Crippen LogP) is 5.31. The molecule has 1 aromatic heterocycles. The summed E-state index contributed by atoms with van der Waals surface area (Å²) >= 11 is 7.23. The van der Waals surface area contributed by atoms with Crippen LogP contribution in [0, 0.1) is 13.8 Å². The summed E-state index contributed by atoms with van der Waals surface area (Å²) in [5, 5.41) is 10.5. The van der Waals surface area contributed by atoms with E-state index in [9.17, 15) is 9.59 Å². The summed E-state index contributed by atoms with van der Waals surface area (Å²) in [7, 11) is 0. The van der Waals surface area contributed by atoms with Crippen LogP contribution in [0.2, 0.25) is 5.02 Å². The van der Waals surface area contributed by atoms with Gasteiger partial charge in [0, 0.05) is 21.8 Å². The minimum absolute atomic E-state index is 0.210. The van der Waals surface area contributed by atoms with Crippen molar-refractivity contribution in [3.8, 4) is 0 Å². The summed E-state index contributed by atoms with van der Waals surface area (Å²) in [4.78, 5) is 28.5. The van der Waals surface area contributed by atoms with Gasteiger partial charge >= 0.3 is 6.03 Å². The fraction of sp³-hybridized carbons (Fsp3) is 0.105. The first kappa shape index (κ1) is 18.9. The van der Waals surface area contributed by atoms with Crippen LogP contribution in [0.4, 0.5) is 21.3 Å². The highest BCUT2D eigenvalue weighted by atomic mass is 35.5. The van der Waals surface area contributed by atoms with E-state index in [1.807, 2.05) is 44.2 Å². The van der Waals surface area contributed by atoms with Gasteiger partial charge in [-0.15, -0.1) is 11.3 Å². The topological polar surface area (TPSA) is 83.1 Å². The van der Waals surface area contributed by atoms with Crippen molar-refractivity contribution < 1.29 is 9.59 Å². The van der Waals surface area contributed by atoms with Crippen LogP contribution in [0.25, 0.3) is 0 Å². The number of halogens is 1. The molecule has 2 aromatic carbocycles. The van der Waals surface area contributed by atoms with Crippen LogP contribution in [0.1, 0.15) is 21.6 Å². The zero-order chi connectivity index (χ0) is 19.4. The Bertz CT molecular complexity index is 986. The number of nitrogens with zero attached hydrogens (tertiary/aromatic N) is 1. The Balaban J connectivity index is 1.60. The normalized spacial score (nSPS) is 10.3. The zero-order valence-corrected chi connectivity index (χ0v) is 16.2. The number of benzene rings is 2. The molecule has 0 spiro atoms. The minimum atomic E-state index is -0.425. The maximum Gasteiger partial charge on any atom is 0.325 e. The number of hydrogen-bond acceptors (Lipinski definition) is 4. The molecular weight excluding hydrogens is 384 g/mol. The lowest BCUT2D eigenvalue weighted by Gasteiger charge is -2.06. The highest BCUT2D eigenvalue weighted by molar-refractivity contribution is 7.14. The Hall–Kier alpha value is -2.90. The number of hydrogen-bond donors (Lipinski definition) is 3. The highest BCUT2D eigenvalue weighted by Crippen LogP contribution is 2.21. The van der Waals surface area contributed by atoms with Crippen molar-refractivity contribution in [2.24, 2.45) is 0 Å². The van der Waals surface area contributed by atoms with Crippen LogP contribution in [-0.4, -0.2) is 16.9 Å². The Labute approximate surface area is 165 Å². The van der Waals surface area contributed by atoms with E-state index in [0.29, 0.717) is 21.5 Å². The molecule has 27 heavy (non-hydrogen) atoms. The van der Waals surface area contributed by atoms with Gasteiger partial charge in [-0.05, 0) is 43.7 Å². The largest absolute Gasteiger partial charge is 0.325 e. The van der Waals surface area contributed by atoms with E-state index >= 15 is 0 Å². The molecule has 3 N–H and O–H groups in total. The lowest BCUT2D eigenvalue weighted by Crippen LogP contribution is -2.19. The first-order chi connectivity index (χ1) is 12.9. The fourth-order valence-corrected chi connectivity index (χ4v) is 3.06. The van der Waals surface area contributed by atoms with E-state index in [-0.39, 0.29) is 11.6 Å². The monoisotopic (exact) mass is 400 g/mol. The fourth-order valence-electron chi connectivity index (χ4n) is 2.20. The first-order valence-electron chi connectivity index (χ1n) is 8.08. The van der Waals surface area contributed by atoms with Gasteiger partial charge in [0.1, 0.15) is 5.69 Å². The van der Waals surface area contributed by atoms with Gasteiger partial charge in [0.05, 0.1) is 0 Å². The molecule has 3 rings (SSSR count). The summed E-state index contributed by atoms with van der Waals surface area (Å²) in [6.07, 6.45) is 0. The molecule has 0 unspecified atom stereocenters. The third-order valence-corrected chi connectivity index (χ3v) is 4.86. The molecule has 0 atom stereocenters. The summed E-state index contributed by atoms with van der Waals surface area (Å²) in [5.74, 6) is -0.377. The number of rotatable bonds is 4. The van der Waals surface area contributed by atoms with Crippen LogP contribution in [0.15, 0.2) is 47.8 Å². The van der Waals surface area contributed by atoms with E-state index in [4.69, 9.17) is 11.6 Å². The van der Waals surface area contributed by atoms with Crippen LogP contribution in [-0.2, 0) is 0 Å². The third-order valence-electron chi connectivity index (χ3n) is 3.70. The Morgan fingerprint density at radius 1 is 0.963 bits per heavy atom. The number of aryl methyl sites for hydroxylation is 2. The molecule has 1 heterocycles. The van der Waals surface area contributed by atoms with E-state index in [2.05, 4.69) is 20.9 Å². The number of aromatic nitrogens is 1. The van der Waals surface area contributed by atoms with E-state index in [1.165, 1.54) is 11.3 Å². The average Bonchev–Trinajstić information content (AvgIpc) is 3.08. The predicted molar refractivity (Wildman–Crippen MR) is 110 cm³/mol. The summed E-state index contributed by atoms with van der Waals surface area (Å²) in [6.45, 7) is 3.85. The zero-order valence-electron chi connectivity index (χ0n) is 14.7. The quantitative estimate of drug-likeness (QED) is 0.555. The van der Waals surface area contributed by atoms with Crippen LogP contribution < -0.4 is 16.0 Å².